The zero-order chi connectivity index (χ0) is 31.0. The van der Waals surface area contributed by atoms with Crippen molar-refractivity contribution in [1.82, 2.24) is 0 Å². The van der Waals surface area contributed by atoms with Gasteiger partial charge in [0.25, 0.3) is 0 Å². The second-order valence-electron chi connectivity index (χ2n) is 9.58. The Bertz CT molecular complexity index is 2430. The first kappa shape index (κ1) is 16.7. The van der Waals surface area contributed by atoms with E-state index in [-0.39, 0.29) is 69.3 Å². The maximum Gasteiger partial charge on any atom is 0.136 e. The molecule has 0 bridgehead atoms. The van der Waals surface area contributed by atoms with Crippen molar-refractivity contribution in [1.29, 1.82) is 0 Å². The monoisotopic (exact) mass is 502 g/mol. The van der Waals surface area contributed by atoms with Crippen LogP contribution in [-0.2, 0) is 0 Å². The highest BCUT2D eigenvalue weighted by molar-refractivity contribution is 6.22. The summed E-state index contributed by atoms with van der Waals surface area (Å²) in [6.07, 6.45) is 0. The van der Waals surface area contributed by atoms with Gasteiger partial charge in [0.05, 0.1) is 8.22 Å². The van der Waals surface area contributed by atoms with Crippen LogP contribution in [0.2, 0.25) is 0 Å². The SMILES string of the molecule is [2H]c1c(-c2ccccc2)c([2H])c2oc3c([2H])c(-c4c5ccccc5c(-c5ccccc5)c5ccccc45)c([2H])c([2H])c3c2c1[2H]. The smallest absolute Gasteiger partial charge is 0.136 e. The van der Waals surface area contributed by atoms with Crippen LogP contribution < -0.4 is 0 Å². The molecule has 1 nitrogen and oxygen atoms in total. The van der Waals surface area contributed by atoms with Gasteiger partial charge in [0, 0.05) is 10.8 Å². The Morgan fingerprint density at radius 3 is 1.31 bits per heavy atom. The van der Waals surface area contributed by atoms with Crippen molar-refractivity contribution >= 4 is 43.5 Å². The first-order valence-electron chi connectivity index (χ1n) is 15.9. The van der Waals surface area contributed by atoms with E-state index in [1.54, 1.807) is 24.3 Å². The van der Waals surface area contributed by atoms with Crippen LogP contribution in [-0.4, -0.2) is 0 Å². The third-order valence-electron chi connectivity index (χ3n) is 7.32. The van der Waals surface area contributed by atoms with Crippen molar-refractivity contribution in [3.63, 3.8) is 0 Å². The number of fused-ring (bicyclic) bond motifs is 5. The van der Waals surface area contributed by atoms with Gasteiger partial charge in [-0.2, -0.15) is 0 Å². The Labute approximate surface area is 235 Å². The van der Waals surface area contributed by atoms with Crippen molar-refractivity contribution in [2.24, 2.45) is 0 Å². The molecule has 0 aliphatic carbocycles. The number of rotatable bonds is 3. The lowest BCUT2D eigenvalue weighted by Crippen LogP contribution is -1.90. The second kappa shape index (κ2) is 8.72. The van der Waals surface area contributed by atoms with Gasteiger partial charge in [0.15, 0.2) is 0 Å². The van der Waals surface area contributed by atoms with Crippen molar-refractivity contribution in [2.75, 3.05) is 0 Å². The lowest BCUT2D eigenvalue weighted by atomic mass is 9.86. The molecule has 1 heteroatoms. The predicted molar refractivity (Wildman–Crippen MR) is 165 cm³/mol. The van der Waals surface area contributed by atoms with Crippen LogP contribution in [0.25, 0.3) is 76.9 Å². The van der Waals surface area contributed by atoms with E-state index in [2.05, 4.69) is 12.1 Å². The molecule has 0 atom stereocenters. The predicted octanol–water partition coefficient (Wildman–Crippen LogP) is 10.9. The fraction of sp³-hybridized carbons (Fsp3) is 0. The number of hydrogen-bond donors (Lipinski definition) is 0. The van der Waals surface area contributed by atoms with Crippen LogP contribution >= 0.6 is 0 Å². The largest absolute Gasteiger partial charge is 0.456 e. The van der Waals surface area contributed by atoms with E-state index in [4.69, 9.17) is 8.53 Å². The standard InChI is InChI=1S/C38H24O/c1-3-11-25(12-4-1)27-19-21-29-30-22-20-28(24-36(30)39-35(29)23-27)38-33-17-9-7-15-31(33)37(26-13-5-2-6-14-26)32-16-8-10-18-34(32)38/h1-24H/i19D,20D,21D,22D,23D,24D. The summed E-state index contributed by atoms with van der Waals surface area (Å²) in [5.74, 6) is 0. The molecular formula is C38H24O. The molecule has 1 aromatic heterocycles. The Morgan fingerprint density at radius 2 is 0.769 bits per heavy atom. The molecule has 7 aromatic carbocycles. The molecule has 182 valence electrons. The minimum atomic E-state index is -0.199. The van der Waals surface area contributed by atoms with Crippen molar-refractivity contribution < 1.29 is 12.6 Å². The van der Waals surface area contributed by atoms with Crippen molar-refractivity contribution in [3.8, 4) is 33.4 Å². The van der Waals surface area contributed by atoms with Gasteiger partial charge in [0.1, 0.15) is 11.2 Å². The van der Waals surface area contributed by atoms with Crippen LogP contribution in [0.3, 0.4) is 0 Å². The van der Waals surface area contributed by atoms with Crippen LogP contribution in [0.1, 0.15) is 8.22 Å². The van der Waals surface area contributed by atoms with E-state index in [1.165, 1.54) is 0 Å². The van der Waals surface area contributed by atoms with E-state index < -0.39 is 0 Å². The van der Waals surface area contributed by atoms with Crippen LogP contribution in [0.15, 0.2) is 150 Å². The first-order valence-corrected chi connectivity index (χ1v) is 12.9. The lowest BCUT2D eigenvalue weighted by Gasteiger charge is -2.17. The summed E-state index contributed by atoms with van der Waals surface area (Å²) in [6.45, 7) is 0. The van der Waals surface area contributed by atoms with Gasteiger partial charge in [-0.05, 0) is 79.1 Å². The maximum absolute atomic E-state index is 9.46. The zero-order valence-corrected chi connectivity index (χ0v) is 20.8. The molecule has 8 rings (SSSR count). The molecule has 0 unspecified atom stereocenters. The minimum Gasteiger partial charge on any atom is -0.456 e. The normalized spacial score (nSPS) is 13.7. The molecule has 0 saturated carbocycles. The molecule has 39 heavy (non-hydrogen) atoms. The molecule has 0 aliphatic rings. The highest BCUT2D eigenvalue weighted by atomic mass is 16.3. The van der Waals surface area contributed by atoms with Gasteiger partial charge in [-0.15, -0.1) is 0 Å². The van der Waals surface area contributed by atoms with Gasteiger partial charge >= 0.3 is 0 Å². The summed E-state index contributed by atoms with van der Waals surface area (Å²) in [7, 11) is 0. The minimum absolute atomic E-state index is 0.0351. The number of benzene rings is 7. The van der Waals surface area contributed by atoms with Gasteiger partial charge in [0.2, 0.25) is 0 Å². The van der Waals surface area contributed by atoms with E-state index >= 15 is 0 Å². The average Bonchev–Trinajstić information content (AvgIpc) is 3.49. The quantitative estimate of drug-likeness (QED) is 0.219. The van der Waals surface area contributed by atoms with Crippen LogP contribution in [0.5, 0.6) is 0 Å². The molecule has 0 saturated heterocycles. The topological polar surface area (TPSA) is 13.1 Å². The zero-order valence-electron chi connectivity index (χ0n) is 26.8. The number of hydrogen-bond acceptors (Lipinski definition) is 1. The summed E-state index contributed by atoms with van der Waals surface area (Å²) >= 11 is 0. The maximum atomic E-state index is 9.46. The van der Waals surface area contributed by atoms with Gasteiger partial charge in [-0.1, -0.05) is 121 Å². The molecule has 0 amide bonds. The molecule has 0 N–H and O–H groups in total. The Hall–Kier alpha value is -5.14. The Kier molecular flexibility index (Phi) is 3.72. The second-order valence-corrected chi connectivity index (χ2v) is 9.58. The molecule has 1 heterocycles. The highest BCUT2D eigenvalue weighted by Gasteiger charge is 2.17. The fourth-order valence-electron chi connectivity index (χ4n) is 5.57. The lowest BCUT2D eigenvalue weighted by molar-refractivity contribution is 0.669. The summed E-state index contributed by atoms with van der Waals surface area (Å²) in [4.78, 5) is 0. The van der Waals surface area contributed by atoms with Gasteiger partial charge in [-0.3, -0.25) is 0 Å². The summed E-state index contributed by atoms with van der Waals surface area (Å²) in [5, 5.41) is 3.83. The van der Waals surface area contributed by atoms with Crippen LogP contribution in [0.4, 0.5) is 0 Å². The van der Waals surface area contributed by atoms with E-state index in [1.807, 2.05) is 72.8 Å². The third-order valence-corrected chi connectivity index (χ3v) is 7.32. The highest BCUT2D eigenvalue weighted by Crippen LogP contribution is 2.44. The third kappa shape index (κ3) is 3.48. The van der Waals surface area contributed by atoms with Gasteiger partial charge in [-0.25, -0.2) is 0 Å². The van der Waals surface area contributed by atoms with Gasteiger partial charge < -0.3 is 4.42 Å². The van der Waals surface area contributed by atoms with E-state index in [0.717, 1.165) is 32.7 Å². The summed E-state index contributed by atoms with van der Waals surface area (Å²) in [6, 6.07) is 34.1. The molecular weight excluding hydrogens is 472 g/mol. The summed E-state index contributed by atoms with van der Waals surface area (Å²) < 4.78 is 60.9. The Morgan fingerprint density at radius 1 is 0.359 bits per heavy atom. The molecule has 0 fully saturated rings. The fourth-order valence-corrected chi connectivity index (χ4v) is 5.57. The number of furan rings is 1. The van der Waals surface area contributed by atoms with Crippen molar-refractivity contribution in [2.45, 2.75) is 0 Å². The van der Waals surface area contributed by atoms with E-state index in [9.17, 15) is 4.11 Å². The molecule has 0 spiro atoms. The molecule has 8 aromatic rings. The molecule has 0 aliphatic heterocycles. The molecule has 0 radical (unpaired) electrons. The van der Waals surface area contributed by atoms with E-state index in [0.29, 0.717) is 11.1 Å². The average molecular weight is 503 g/mol. The summed E-state index contributed by atoms with van der Waals surface area (Å²) in [5.41, 5.74) is 3.96. The van der Waals surface area contributed by atoms with Crippen molar-refractivity contribution in [3.05, 3.63) is 145 Å². The first-order chi connectivity index (χ1) is 21.9. The Balaban J connectivity index is 1.52. The van der Waals surface area contributed by atoms with Crippen LogP contribution in [0, 0.1) is 0 Å².